The summed E-state index contributed by atoms with van der Waals surface area (Å²) in [6.45, 7) is 0.237. The zero-order valence-corrected chi connectivity index (χ0v) is 11.4. The zero-order valence-electron chi connectivity index (χ0n) is 11.4. The van der Waals surface area contributed by atoms with Gasteiger partial charge in [-0.05, 0) is 29.8 Å². The van der Waals surface area contributed by atoms with Crippen molar-refractivity contribution in [3.8, 4) is 11.5 Å². The SMILES string of the molecule is O=C(NCc1ccc(F)cc1)c1nc(-c2ccccn2)no1. The lowest BCUT2D eigenvalue weighted by molar-refractivity contribution is 0.0907. The van der Waals surface area contributed by atoms with E-state index in [4.69, 9.17) is 4.52 Å². The summed E-state index contributed by atoms with van der Waals surface area (Å²) >= 11 is 0. The maximum atomic E-state index is 12.8. The number of nitrogens with zero attached hydrogens (tertiary/aromatic N) is 3. The van der Waals surface area contributed by atoms with Gasteiger partial charge in [0.1, 0.15) is 11.5 Å². The molecule has 2 heterocycles. The molecule has 0 aliphatic heterocycles. The van der Waals surface area contributed by atoms with Crippen molar-refractivity contribution < 1.29 is 13.7 Å². The fraction of sp³-hybridized carbons (Fsp3) is 0.0667. The smallest absolute Gasteiger partial charge is 0.316 e. The summed E-state index contributed by atoms with van der Waals surface area (Å²) in [5, 5.41) is 6.34. The minimum Gasteiger partial charge on any atom is -0.344 e. The van der Waals surface area contributed by atoms with Crippen molar-refractivity contribution in [1.29, 1.82) is 0 Å². The number of benzene rings is 1. The van der Waals surface area contributed by atoms with Gasteiger partial charge in [-0.3, -0.25) is 9.78 Å². The van der Waals surface area contributed by atoms with Crippen LogP contribution in [-0.4, -0.2) is 21.0 Å². The van der Waals surface area contributed by atoms with Crippen LogP contribution in [0.5, 0.6) is 0 Å². The summed E-state index contributed by atoms with van der Waals surface area (Å²) in [6.07, 6.45) is 1.60. The summed E-state index contributed by atoms with van der Waals surface area (Å²) in [5.41, 5.74) is 1.28. The van der Waals surface area contributed by atoms with Gasteiger partial charge in [0.2, 0.25) is 5.82 Å². The molecular formula is C15H11FN4O2. The molecule has 3 aromatic rings. The summed E-state index contributed by atoms with van der Waals surface area (Å²) in [6, 6.07) is 11.1. The lowest BCUT2D eigenvalue weighted by Crippen LogP contribution is -2.23. The molecule has 0 atom stereocenters. The lowest BCUT2D eigenvalue weighted by Gasteiger charge is -2.01. The molecule has 0 bridgehead atoms. The van der Waals surface area contributed by atoms with Crippen LogP contribution in [0.15, 0.2) is 53.2 Å². The van der Waals surface area contributed by atoms with E-state index in [0.717, 1.165) is 5.56 Å². The Morgan fingerprint density at radius 3 is 2.73 bits per heavy atom. The first-order valence-electron chi connectivity index (χ1n) is 6.50. The highest BCUT2D eigenvalue weighted by Gasteiger charge is 2.16. The molecule has 1 aromatic carbocycles. The van der Waals surface area contributed by atoms with E-state index in [1.807, 2.05) is 0 Å². The van der Waals surface area contributed by atoms with Crippen molar-refractivity contribution in [2.24, 2.45) is 0 Å². The Hall–Kier alpha value is -3.09. The van der Waals surface area contributed by atoms with Gasteiger partial charge in [-0.25, -0.2) is 4.39 Å². The average molecular weight is 298 g/mol. The number of pyridine rings is 1. The number of aromatic nitrogens is 3. The molecule has 3 rings (SSSR count). The van der Waals surface area contributed by atoms with Gasteiger partial charge in [-0.2, -0.15) is 4.98 Å². The van der Waals surface area contributed by atoms with Crippen LogP contribution < -0.4 is 5.32 Å². The molecule has 1 N–H and O–H groups in total. The van der Waals surface area contributed by atoms with Crippen LogP contribution >= 0.6 is 0 Å². The summed E-state index contributed by atoms with van der Waals surface area (Å²) in [4.78, 5) is 20.0. The molecule has 0 aliphatic rings. The van der Waals surface area contributed by atoms with Gasteiger partial charge in [0.15, 0.2) is 0 Å². The quantitative estimate of drug-likeness (QED) is 0.798. The first-order valence-corrected chi connectivity index (χ1v) is 6.50. The Morgan fingerprint density at radius 1 is 1.18 bits per heavy atom. The van der Waals surface area contributed by atoms with Gasteiger partial charge in [-0.15, -0.1) is 0 Å². The molecule has 7 heteroatoms. The van der Waals surface area contributed by atoms with Crippen LogP contribution in [-0.2, 0) is 6.54 Å². The molecule has 0 saturated carbocycles. The van der Waals surface area contributed by atoms with Crippen LogP contribution in [0.25, 0.3) is 11.5 Å². The molecule has 2 aromatic heterocycles. The van der Waals surface area contributed by atoms with E-state index in [1.54, 1.807) is 36.5 Å². The number of amides is 1. The normalized spacial score (nSPS) is 10.4. The number of halogens is 1. The molecule has 1 amide bonds. The largest absolute Gasteiger partial charge is 0.344 e. The van der Waals surface area contributed by atoms with E-state index in [1.165, 1.54) is 12.1 Å². The Kier molecular flexibility index (Phi) is 3.86. The van der Waals surface area contributed by atoms with E-state index in [-0.39, 0.29) is 24.1 Å². The lowest BCUT2D eigenvalue weighted by atomic mass is 10.2. The maximum Gasteiger partial charge on any atom is 0.316 e. The van der Waals surface area contributed by atoms with Crippen molar-refractivity contribution in [1.82, 2.24) is 20.4 Å². The Morgan fingerprint density at radius 2 is 2.00 bits per heavy atom. The summed E-state index contributed by atoms with van der Waals surface area (Å²) in [7, 11) is 0. The summed E-state index contributed by atoms with van der Waals surface area (Å²) < 4.78 is 17.7. The predicted octanol–water partition coefficient (Wildman–Crippen LogP) is 2.20. The van der Waals surface area contributed by atoms with E-state index in [9.17, 15) is 9.18 Å². The Balaban J connectivity index is 1.66. The molecule has 0 aliphatic carbocycles. The highest BCUT2D eigenvalue weighted by Crippen LogP contribution is 2.11. The van der Waals surface area contributed by atoms with Gasteiger partial charge in [0, 0.05) is 12.7 Å². The third-order valence-electron chi connectivity index (χ3n) is 2.88. The third-order valence-corrected chi connectivity index (χ3v) is 2.88. The van der Waals surface area contributed by atoms with Gasteiger partial charge in [-0.1, -0.05) is 23.4 Å². The number of hydrogen-bond donors (Lipinski definition) is 1. The van der Waals surface area contributed by atoms with Crippen LogP contribution in [0.3, 0.4) is 0 Å². The predicted molar refractivity (Wildman–Crippen MR) is 75.1 cm³/mol. The van der Waals surface area contributed by atoms with E-state index < -0.39 is 5.91 Å². The fourth-order valence-electron chi connectivity index (χ4n) is 1.77. The number of nitrogens with one attached hydrogen (secondary N) is 1. The van der Waals surface area contributed by atoms with Crippen LogP contribution in [0.4, 0.5) is 4.39 Å². The second kappa shape index (κ2) is 6.13. The molecule has 110 valence electrons. The van der Waals surface area contributed by atoms with E-state index in [0.29, 0.717) is 5.69 Å². The highest BCUT2D eigenvalue weighted by atomic mass is 19.1. The van der Waals surface area contributed by atoms with Crippen molar-refractivity contribution >= 4 is 5.91 Å². The van der Waals surface area contributed by atoms with E-state index in [2.05, 4.69) is 20.4 Å². The molecule has 0 radical (unpaired) electrons. The van der Waals surface area contributed by atoms with Crippen molar-refractivity contribution in [3.05, 3.63) is 65.9 Å². The number of carbonyl (C=O) groups is 1. The number of rotatable bonds is 4. The Bertz CT molecular complexity index is 772. The monoisotopic (exact) mass is 298 g/mol. The van der Waals surface area contributed by atoms with E-state index >= 15 is 0 Å². The highest BCUT2D eigenvalue weighted by molar-refractivity contribution is 5.89. The molecule has 22 heavy (non-hydrogen) atoms. The molecule has 6 nitrogen and oxygen atoms in total. The number of carbonyl (C=O) groups excluding carboxylic acids is 1. The van der Waals surface area contributed by atoms with Crippen LogP contribution in [0.2, 0.25) is 0 Å². The minimum absolute atomic E-state index is 0.150. The topological polar surface area (TPSA) is 80.9 Å². The standard InChI is InChI=1S/C15H11FN4O2/c16-11-6-4-10(5-7-11)9-18-14(21)15-19-13(20-22-15)12-3-1-2-8-17-12/h1-8H,9H2,(H,18,21). The first-order chi connectivity index (χ1) is 10.7. The molecule has 0 unspecified atom stereocenters. The van der Waals surface area contributed by atoms with Crippen molar-refractivity contribution in [2.45, 2.75) is 6.54 Å². The second-order valence-corrected chi connectivity index (χ2v) is 4.45. The molecular weight excluding hydrogens is 287 g/mol. The second-order valence-electron chi connectivity index (χ2n) is 4.45. The van der Waals surface area contributed by atoms with Gasteiger partial charge in [0.05, 0.1) is 0 Å². The molecule has 0 spiro atoms. The summed E-state index contributed by atoms with van der Waals surface area (Å²) in [5.74, 6) is -0.735. The van der Waals surface area contributed by atoms with Crippen molar-refractivity contribution in [3.63, 3.8) is 0 Å². The third kappa shape index (κ3) is 3.14. The maximum absolute atomic E-state index is 12.8. The minimum atomic E-state index is -0.501. The van der Waals surface area contributed by atoms with Crippen LogP contribution in [0, 0.1) is 5.82 Å². The van der Waals surface area contributed by atoms with Gasteiger partial charge < -0.3 is 9.84 Å². The van der Waals surface area contributed by atoms with Crippen LogP contribution in [0.1, 0.15) is 16.2 Å². The Labute approximate surface area is 125 Å². The molecule has 0 fully saturated rings. The fourth-order valence-corrected chi connectivity index (χ4v) is 1.77. The average Bonchev–Trinajstić information content (AvgIpc) is 3.05. The zero-order chi connectivity index (χ0) is 15.4. The van der Waals surface area contributed by atoms with Gasteiger partial charge in [0.25, 0.3) is 0 Å². The molecule has 0 saturated heterocycles. The van der Waals surface area contributed by atoms with Gasteiger partial charge >= 0.3 is 11.8 Å². The first kappa shape index (κ1) is 13.9. The number of hydrogen-bond acceptors (Lipinski definition) is 5. The van der Waals surface area contributed by atoms with Crippen molar-refractivity contribution in [2.75, 3.05) is 0 Å².